The Morgan fingerprint density at radius 1 is 1.47 bits per heavy atom. The third-order valence-corrected chi connectivity index (χ3v) is 4.69. The van der Waals surface area contributed by atoms with Gasteiger partial charge in [0.1, 0.15) is 10.9 Å². The van der Waals surface area contributed by atoms with Crippen LogP contribution in [-0.2, 0) is 13.0 Å². The fraction of sp³-hybridized carbons (Fsp3) is 0.333. The molecule has 2 rings (SSSR count). The highest BCUT2D eigenvalue weighted by Crippen LogP contribution is 2.17. The quantitative estimate of drug-likeness (QED) is 0.858. The number of hydrogen-bond donors (Lipinski definition) is 1. The molecule has 0 radical (unpaired) electrons. The van der Waals surface area contributed by atoms with Gasteiger partial charge in [0.25, 0.3) is 0 Å². The molecule has 0 amide bonds. The molecule has 0 aliphatic rings. The van der Waals surface area contributed by atoms with E-state index in [-0.39, 0.29) is 6.61 Å². The summed E-state index contributed by atoms with van der Waals surface area (Å²) in [5.41, 5.74) is 4.30. The van der Waals surface area contributed by atoms with Crippen LogP contribution in [0, 0.1) is 18.3 Å². The maximum absolute atomic E-state index is 8.96. The van der Waals surface area contributed by atoms with Crippen LogP contribution in [0.4, 0.5) is 0 Å². The van der Waals surface area contributed by atoms with Crippen molar-refractivity contribution in [1.29, 1.82) is 5.26 Å². The number of aliphatic hydroxyl groups excluding tert-OH is 1. The highest BCUT2D eigenvalue weighted by atomic mass is 32.1. The summed E-state index contributed by atoms with van der Waals surface area (Å²) in [6, 6.07) is 4.21. The fourth-order valence-electron chi connectivity index (χ4n) is 1.69. The second-order valence-corrected chi connectivity index (χ2v) is 5.58. The van der Waals surface area contributed by atoms with E-state index in [1.807, 2.05) is 11.4 Å². The van der Waals surface area contributed by atoms with Gasteiger partial charge in [0.05, 0.1) is 4.88 Å². The Bertz CT molecular complexity index is 551. The third-order valence-electron chi connectivity index (χ3n) is 2.68. The van der Waals surface area contributed by atoms with Crippen LogP contribution >= 0.6 is 22.7 Å². The Hall–Kier alpha value is -1.22. The average Bonchev–Trinajstić information content (AvgIpc) is 2.91. The van der Waals surface area contributed by atoms with Crippen molar-refractivity contribution in [1.82, 2.24) is 0 Å². The summed E-state index contributed by atoms with van der Waals surface area (Å²) in [6.07, 6.45) is 0.707. The second kappa shape index (κ2) is 5.41. The molecule has 1 N–H and O–H groups in total. The molecule has 0 atom stereocenters. The Kier molecular flexibility index (Phi) is 3.89. The molecule has 2 aromatic rings. The molecule has 0 aliphatic carbocycles. The summed E-state index contributed by atoms with van der Waals surface area (Å²) in [5.74, 6) is 0. The topological polar surface area (TPSA) is 47.9 Å². The SMILES string of the molecule is Cc1c(CCO)sc[n+]1Cc1ccsc1C#N. The van der Waals surface area contributed by atoms with E-state index in [1.54, 1.807) is 11.3 Å². The van der Waals surface area contributed by atoms with Crippen LogP contribution in [0.25, 0.3) is 0 Å². The number of hydrogen-bond acceptors (Lipinski definition) is 4. The molecule has 0 spiro atoms. The lowest BCUT2D eigenvalue weighted by atomic mass is 10.2. The van der Waals surface area contributed by atoms with E-state index in [0.717, 1.165) is 17.0 Å². The van der Waals surface area contributed by atoms with Gasteiger partial charge in [0.15, 0.2) is 12.2 Å². The molecular weight excluding hydrogens is 252 g/mol. The maximum atomic E-state index is 8.96. The smallest absolute Gasteiger partial charge is 0.225 e. The molecule has 0 bridgehead atoms. The predicted molar refractivity (Wildman–Crippen MR) is 68.2 cm³/mol. The van der Waals surface area contributed by atoms with Crippen LogP contribution < -0.4 is 4.57 Å². The van der Waals surface area contributed by atoms with Crippen LogP contribution in [0.2, 0.25) is 0 Å². The molecule has 17 heavy (non-hydrogen) atoms. The van der Waals surface area contributed by atoms with Crippen LogP contribution in [0.15, 0.2) is 17.0 Å². The molecule has 0 aliphatic heterocycles. The fourth-order valence-corrected chi connectivity index (χ4v) is 3.38. The van der Waals surface area contributed by atoms with Crippen molar-refractivity contribution in [2.24, 2.45) is 0 Å². The number of thiazole rings is 1. The molecule has 88 valence electrons. The monoisotopic (exact) mass is 265 g/mol. The third kappa shape index (κ3) is 2.55. The minimum absolute atomic E-state index is 0.184. The summed E-state index contributed by atoms with van der Waals surface area (Å²) < 4.78 is 2.14. The molecule has 0 unspecified atom stereocenters. The first kappa shape index (κ1) is 12.2. The van der Waals surface area contributed by atoms with Crippen LogP contribution in [0.5, 0.6) is 0 Å². The van der Waals surface area contributed by atoms with E-state index in [4.69, 9.17) is 10.4 Å². The lowest BCUT2D eigenvalue weighted by Gasteiger charge is -1.95. The van der Waals surface area contributed by atoms with Crippen LogP contribution in [-0.4, -0.2) is 11.7 Å². The van der Waals surface area contributed by atoms with Crippen LogP contribution in [0.3, 0.4) is 0 Å². The zero-order valence-corrected chi connectivity index (χ0v) is 11.1. The summed E-state index contributed by atoms with van der Waals surface area (Å²) in [6.45, 7) is 2.98. The minimum atomic E-state index is 0.184. The van der Waals surface area contributed by atoms with Crippen molar-refractivity contribution >= 4 is 22.7 Å². The lowest BCUT2D eigenvalue weighted by molar-refractivity contribution is -0.689. The molecule has 0 saturated carbocycles. The maximum Gasteiger partial charge on any atom is 0.225 e. The predicted octanol–water partition coefficient (Wildman–Crippen LogP) is 1.86. The number of thiophene rings is 1. The van der Waals surface area contributed by atoms with Gasteiger partial charge in [-0.1, -0.05) is 11.3 Å². The Balaban J connectivity index is 2.22. The van der Waals surface area contributed by atoms with Gasteiger partial charge in [0, 0.05) is 25.5 Å². The summed E-state index contributed by atoms with van der Waals surface area (Å²) >= 11 is 3.14. The zero-order valence-electron chi connectivity index (χ0n) is 9.51. The van der Waals surface area contributed by atoms with E-state index in [0.29, 0.717) is 6.42 Å². The molecule has 3 nitrogen and oxygen atoms in total. The Morgan fingerprint density at radius 2 is 2.29 bits per heavy atom. The largest absolute Gasteiger partial charge is 0.396 e. The van der Waals surface area contributed by atoms with E-state index in [9.17, 15) is 0 Å². The highest BCUT2D eigenvalue weighted by molar-refractivity contribution is 7.10. The van der Waals surface area contributed by atoms with Crippen LogP contribution in [0.1, 0.15) is 21.0 Å². The first-order valence-electron chi connectivity index (χ1n) is 5.30. The van der Waals surface area contributed by atoms with Crippen molar-refractivity contribution in [2.75, 3.05) is 6.61 Å². The molecule has 2 heterocycles. The van der Waals surface area contributed by atoms with Gasteiger partial charge in [-0.05, 0) is 11.4 Å². The molecular formula is C12H13N2OS2+. The van der Waals surface area contributed by atoms with Gasteiger partial charge in [-0.25, -0.2) is 0 Å². The first-order valence-corrected chi connectivity index (χ1v) is 7.06. The molecule has 0 fully saturated rings. The summed E-state index contributed by atoms with van der Waals surface area (Å²) in [4.78, 5) is 1.99. The molecule has 5 heteroatoms. The van der Waals surface area contributed by atoms with Crippen molar-refractivity contribution in [3.8, 4) is 6.07 Å². The van der Waals surface area contributed by atoms with E-state index >= 15 is 0 Å². The van der Waals surface area contributed by atoms with Crippen molar-refractivity contribution in [2.45, 2.75) is 19.9 Å². The number of nitrogens with zero attached hydrogens (tertiary/aromatic N) is 2. The minimum Gasteiger partial charge on any atom is -0.396 e. The molecule has 0 saturated heterocycles. The second-order valence-electron chi connectivity index (χ2n) is 3.72. The summed E-state index contributed by atoms with van der Waals surface area (Å²) in [5, 5.41) is 19.9. The number of rotatable bonds is 4. The van der Waals surface area contributed by atoms with Crippen molar-refractivity contribution in [3.63, 3.8) is 0 Å². The number of nitriles is 1. The van der Waals surface area contributed by atoms with Gasteiger partial charge >= 0.3 is 0 Å². The number of aromatic nitrogens is 1. The van der Waals surface area contributed by atoms with Gasteiger partial charge in [0.2, 0.25) is 5.51 Å². The van der Waals surface area contributed by atoms with Gasteiger partial charge in [-0.15, -0.1) is 11.3 Å². The standard InChI is InChI=1S/C12H13N2OS2/c1-9-11(2-4-15)17-8-14(9)7-10-3-5-16-12(10)6-13/h3,5,8,15H,2,4,7H2,1H3/q+1. The average molecular weight is 265 g/mol. The van der Waals surface area contributed by atoms with Crippen molar-refractivity contribution in [3.05, 3.63) is 38.0 Å². The van der Waals surface area contributed by atoms with Crippen molar-refractivity contribution < 1.29 is 9.67 Å². The Morgan fingerprint density at radius 3 is 3.00 bits per heavy atom. The van der Waals surface area contributed by atoms with E-state index < -0.39 is 0 Å². The molecule has 0 aromatic carbocycles. The normalized spacial score (nSPS) is 10.4. The van der Waals surface area contributed by atoms with Gasteiger partial charge in [-0.2, -0.15) is 9.83 Å². The van der Waals surface area contributed by atoms with E-state index in [2.05, 4.69) is 23.1 Å². The number of aliphatic hydroxyl groups is 1. The highest BCUT2D eigenvalue weighted by Gasteiger charge is 2.17. The van der Waals surface area contributed by atoms with Gasteiger partial charge < -0.3 is 5.11 Å². The van der Waals surface area contributed by atoms with Gasteiger partial charge in [-0.3, -0.25) is 0 Å². The zero-order chi connectivity index (χ0) is 12.3. The first-order chi connectivity index (χ1) is 8.26. The summed E-state index contributed by atoms with van der Waals surface area (Å²) in [7, 11) is 0. The Labute approximate surface area is 108 Å². The van der Waals surface area contributed by atoms with E-state index in [1.165, 1.54) is 21.9 Å². The molecule has 2 aromatic heterocycles. The lowest BCUT2D eigenvalue weighted by Crippen LogP contribution is -2.35.